The van der Waals surface area contributed by atoms with Crippen LogP contribution < -0.4 is 15.4 Å². The lowest BCUT2D eigenvalue weighted by Crippen LogP contribution is -2.49. The van der Waals surface area contributed by atoms with Crippen LogP contribution in [0, 0.1) is 0 Å². The Morgan fingerprint density at radius 2 is 1.60 bits per heavy atom. The summed E-state index contributed by atoms with van der Waals surface area (Å²) in [6, 6.07) is 25.3. The van der Waals surface area contributed by atoms with Gasteiger partial charge in [-0.1, -0.05) is 85.1 Å². The van der Waals surface area contributed by atoms with Crippen LogP contribution in [0.5, 0.6) is 5.75 Å². The molecular weight excluding hydrogens is 396 g/mol. The first-order chi connectivity index (χ1) is 14.5. The molecule has 1 heterocycles. The van der Waals surface area contributed by atoms with E-state index in [1.54, 1.807) is 42.5 Å². The number of rotatable bonds is 5. The van der Waals surface area contributed by atoms with E-state index in [1.165, 1.54) is 4.90 Å². The van der Waals surface area contributed by atoms with Crippen LogP contribution in [0.3, 0.4) is 0 Å². The van der Waals surface area contributed by atoms with E-state index >= 15 is 0 Å². The van der Waals surface area contributed by atoms with Crippen LogP contribution in [0.2, 0.25) is 0 Å². The SMILES string of the molecule is C=Cc1ccc(OC(=O)C2SC(N)(c3ccccc3)N(c3ccccc3)C2=O)cc1. The second kappa shape index (κ2) is 8.18. The lowest BCUT2D eigenvalue weighted by Gasteiger charge is -2.34. The van der Waals surface area contributed by atoms with Crippen molar-refractivity contribution in [1.29, 1.82) is 0 Å². The van der Waals surface area contributed by atoms with E-state index in [9.17, 15) is 9.59 Å². The number of benzene rings is 3. The molecule has 3 aromatic carbocycles. The number of anilines is 1. The molecule has 5 nitrogen and oxygen atoms in total. The summed E-state index contributed by atoms with van der Waals surface area (Å²) in [5, 5.41) is -1.09. The van der Waals surface area contributed by atoms with Gasteiger partial charge in [-0.3, -0.25) is 15.4 Å². The zero-order valence-electron chi connectivity index (χ0n) is 16.1. The van der Waals surface area contributed by atoms with Crippen LogP contribution in [-0.2, 0) is 14.6 Å². The lowest BCUT2D eigenvalue weighted by molar-refractivity contribution is -0.136. The predicted molar refractivity (Wildman–Crippen MR) is 120 cm³/mol. The number of para-hydroxylation sites is 1. The Bertz CT molecular complexity index is 1070. The molecule has 2 atom stereocenters. The van der Waals surface area contributed by atoms with E-state index in [0.717, 1.165) is 22.9 Å². The maximum Gasteiger partial charge on any atom is 0.334 e. The van der Waals surface area contributed by atoms with Crippen molar-refractivity contribution < 1.29 is 14.3 Å². The largest absolute Gasteiger partial charge is 0.425 e. The molecule has 3 aromatic rings. The Balaban J connectivity index is 1.67. The first kappa shape index (κ1) is 19.9. The molecule has 6 heteroatoms. The van der Waals surface area contributed by atoms with Crippen LogP contribution in [0.25, 0.3) is 6.08 Å². The molecule has 1 fully saturated rings. The summed E-state index contributed by atoms with van der Waals surface area (Å²) in [5.41, 5.74) is 9.00. The second-order valence-corrected chi connectivity index (χ2v) is 8.09. The first-order valence-corrected chi connectivity index (χ1v) is 10.3. The van der Waals surface area contributed by atoms with Gasteiger partial charge < -0.3 is 4.74 Å². The number of esters is 1. The number of nitrogens with two attached hydrogens (primary N) is 1. The second-order valence-electron chi connectivity index (χ2n) is 6.76. The van der Waals surface area contributed by atoms with Crippen LogP contribution >= 0.6 is 11.8 Å². The summed E-state index contributed by atoms with van der Waals surface area (Å²) in [6.45, 7) is 3.70. The van der Waals surface area contributed by atoms with Gasteiger partial charge >= 0.3 is 5.97 Å². The minimum absolute atomic E-state index is 0.361. The molecule has 0 radical (unpaired) electrons. The van der Waals surface area contributed by atoms with Crippen molar-refractivity contribution in [3.8, 4) is 5.75 Å². The number of hydrogen-bond donors (Lipinski definition) is 1. The molecule has 0 bridgehead atoms. The molecule has 0 saturated carbocycles. The zero-order chi connectivity index (χ0) is 21.1. The van der Waals surface area contributed by atoms with Crippen LogP contribution in [0.4, 0.5) is 5.69 Å². The Morgan fingerprint density at radius 3 is 2.20 bits per heavy atom. The van der Waals surface area contributed by atoms with Gasteiger partial charge in [0.1, 0.15) is 5.75 Å². The van der Waals surface area contributed by atoms with Crippen LogP contribution in [-0.4, -0.2) is 17.1 Å². The van der Waals surface area contributed by atoms with Gasteiger partial charge in [0.2, 0.25) is 0 Å². The lowest BCUT2D eigenvalue weighted by atomic mass is 10.1. The number of carbonyl (C=O) groups is 2. The fraction of sp³-hybridized carbons (Fsp3) is 0.0833. The van der Waals surface area contributed by atoms with Crippen molar-refractivity contribution in [1.82, 2.24) is 0 Å². The third-order valence-electron chi connectivity index (χ3n) is 4.82. The molecule has 1 aliphatic rings. The molecule has 1 aliphatic heterocycles. The Kier molecular flexibility index (Phi) is 5.44. The highest BCUT2D eigenvalue weighted by molar-refractivity contribution is 8.03. The van der Waals surface area contributed by atoms with Gasteiger partial charge in [-0.05, 0) is 29.8 Å². The fourth-order valence-corrected chi connectivity index (χ4v) is 4.61. The summed E-state index contributed by atoms with van der Waals surface area (Å²) in [5.74, 6) is -0.703. The van der Waals surface area contributed by atoms with Gasteiger partial charge in [0, 0.05) is 11.3 Å². The summed E-state index contributed by atoms with van der Waals surface area (Å²) in [7, 11) is 0. The highest BCUT2D eigenvalue weighted by Crippen LogP contribution is 2.47. The Morgan fingerprint density at radius 1 is 1.00 bits per heavy atom. The van der Waals surface area contributed by atoms with E-state index in [4.69, 9.17) is 10.5 Å². The smallest absolute Gasteiger partial charge is 0.334 e. The number of amides is 1. The monoisotopic (exact) mass is 416 g/mol. The Hall–Kier alpha value is -3.35. The standard InChI is InChI=1S/C24H20N2O3S/c1-2-17-13-15-20(16-14-17)29-23(28)21-22(27)26(19-11-7-4-8-12-19)24(25,30-21)18-9-5-3-6-10-18/h2-16,21H,1,25H2. The minimum atomic E-state index is -1.24. The summed E-state index contributed by atoms with van der Waals surface area (Å²) in [4.78, 5) is 26.5. The Labute approximate surface area is 179 Å². The molecule has 2 N–H and O–H groups in total. The van der Waals surface area contributed by atoms with Crippen LogP contribution in [0.15, 0.2) is 91.5 Å². The zero-order valence-corrected chi connectivity index (χ0v) is 16.9. The van der Waals surface area contributed by atoms with Gasteiger partial charge in [-0.15, -0.1) is 0 Å². The van der Waals surface area contributed by atoms with Gasteiger partial charge in [0.15, 0.2) is 10.2 Å². The van der Waals surface area contributed by atoms with Crippen molar-refractivity contribution in [3.05, 3.63) is 103 Å². The third-order valence-corrected chi connectivity index (χ3v) is 6.23. The molecule has 150 valence electrons. The average Bonchev–Trinajstić information content (AvgIpc) is 3.07. The van der Waals surface area contributed by atoms with Gasteiger partial charge in [0.25, 0.3) is 5.91 Å². The van der Waals surface area contributed by atoms with Gasteiger partial charge in [0.05, 0.1) is 0 Å². The molecule has 30 heavy (non-hydrogen) atoms. The maximum atomic E-state index is 13.3. The summed E-state index contributed by atoms with van der Waals surface area (Å²) < 4.78 is 5.48. The van der Waals surface area contributed by atoms with Crippen molar-refractivity contribution in [3.63, 3.8) is 0 Å². The molecule has 4 rings (SSSR count). The van der Waals surface area contributed by atoms with E-state index in [0.29, 0.717) is 11.4 Å². The van der Waals surface area contributed by atoms with Gasteiger partial charge in [-0.2, -0.15) is 0 Å². The van der Waals surface area contributed by atoms with E-state index in [1.807, 2.05) is 48.5 Å². The first-order valence-electron chi connectivity index (χ1n) is 9.38. The number of carbonyl (C=O) groups excluding carboxylic acids is 2. The highest BCUT2D eigenvalue weighted by atomic mass is 32.2. The molecular formula is C24H20N2O3S. The van der Waals surface area contributed by atoms with E-state index < -0.39 is 22.1 Å². The third kappa shape index (κ3) is 3.63. The van der Waals surface area contributed by atoms with Crippen molar-refractivity contribution in [2.24, 2.45) is 5.73 Å². The van der Waals surface area contributed by atoms with Crippen molar-refractivity contribution in [2.75, 3.05) is 4.90 Å². The maximum absolute atomic E-state index is 13.3. The van der Waals surface area contributed by atoms with Crippen molar-refractivity contribution in [2.45, 2.75) is 10.2 Å². The summed E-state index contributed by atoms with van der Waals surface area (Å²) >= 11 is 1.08. The molecule has 0 aliphatic carbocycles. The topological polar surface area (TPSA) is 72.6 Å². The van der Waals surface area contributed by atoms with E-state index in [2.05, 4.69) is 6.58 Å². The van der Waals surface area contributed by atoms with Gasteiger partial charge in [-0.25, -0.2) is 4.79 Å². The quantitative estimate of drug-likeness (QED) is 0.384. The van der Waals surface area contributed by atoms with Crippen molar-refractivity contribution >= 4 is 35.4 Å². The molecule has 1 saturated heterocycles. The molecule has 2 unspecified atom stereocenters. The normalized spacial score (nSPS) is 20.8. The average molecular weight is 417 g/mol. The number of thioether (sulfide) groups is 1. The fourth-order valence-electron chi connectivity index (χ4n) is 3.32. The molecule has 1 amide bonds. The number of nitrogens with zero attached hydrogens (tertiary/aromatic N) is 1. The van der Waals surface area contributed by atoms with E-state index in [-0.39, 0.29) is 0 Å². The highest BCUT2D eigenvalue weighted by Gasteiger charge is 2.54. The molecule has 0 spiro atoms. The molecule has 0 aromatic heterocycles. The minimum Gasteiger partial charge on any atom is -0.425 e. The number of hydrogen-bond acceptors (Lipinski definition) is 5. The predicted octanol–water partition coefficient (Wildman–Crippen LogP) is 4.15. The number of ether oxygens (including phenoxy) is 1. The van der Waals surface area contributed by atoms with Crippen LogP contribution in [0.1, 0.15) is 11.1 Å². The summed E-state index contributed by atoms with van der Waals surface area (Å²) in [6.07, 6.45) is 1.70.